The van der Waals surface area contributed by atoms with Gasteiger partial charge in [-0.25, -0.2) is 0 Å². The van der Waals surface area contributed by atoms with E-state index in [0.717, 1.165) is 43.5 Å². The summed E-state index contributed by atoms with van der Waals surface area (Å²) < 4.78 is 0. The number of nitriles is 1. The summed E-state index contributed by atoms with van der Waals surface area (Å²) in [5, 5.41) is 8.91. The first kappa shape index (κ1) is 16.1. The molecule has 120 valence electrons. The van der Waals surface area contributed by atoms with Crippen LogP contribution in [0.1, 0.15) is 21.7 Å². The van der Waals surface area contributed by atoms with Crippen molar-refractivity contribution in [1.82, 2.24) is 14.8 Å². The molecule has 1 aliphatic rings. The molecule has 3 rings (SSSR count). The van der Waals surface area contributed by atoms with Crippen LogP contribution in [0.4, 0.5) is 0 Å². The van der Waals surface area contributed by atoms with Crippen LogP contribution in [0.2, 0.25) is 0 Å². The molecule has 1 saturated heterocycles. The second-order valence-corrected chi connectivity index (χ2v) is 7.49. The van der Waals surface area contributed by atoms with Gasteiger partial charge < -0.3 is 4.90 Å². The molecule has 0 radical (unpaired) electrons. The first-order chi connectivity index (χ1) is 11.2. The van der Waals surface area contributed by atoms with E-state index in [2.05, 4.69) is 40.0 Å². The van der Waals surface area contributed by atoms with Crippen molar-refractivity contribution in [1.29, 1.82) is 5.26 Å². The molecule has 0 amide bonds. The van der Waals surface area contributed by atoms with E-state index in [1.54, 1.807) is 11.3 Å². The third-order valence-corrected chi connectivity index (χ3v) is 5.24. The van der Waals surface area contributed by atoms with E-state index in [9.17, 15) is 0 Å². The maximum absolute atomic E-state index is 8.91. The Bertz CT molecular complexity index is 661. The number of pyridine rings is 1. The highest BCUT2D eigenvalue weighted by atomic mass is 32.1. The van der Waals surface area contributed by atoms with E-state index in [1.165, 1.54) is 16.9 Å². The average molecular weight is 326 g/mol. The molecule has 0 spiro atoms. The second kappa shape index (κ2) is 7.69. The largest absolute Gasteiger partial charge is 0.302 e. The topological polar surface area (TPSA) is 43.2 Å². The van der Waals surface area contributed by atoms with Gasteiger partial charge in [0.05, 0.1) is 0 Å². The molecule has 23 heavy (non-hydrogen) atoms. The standard InChI is InChI=1S/C18H22N4S/c1-21(11-15-3-2-7-20-10-15)12-16-6-8-22(13-16)14-18-5-4-17(9-19)23-18/h2-5,7,10,16H,6,8,11-14H2,1H3/t16-/m1/s1. The molecule has 1 atom stereocenters. The number of hydrogen-bond donors (Lipinski definition) is 0. The molecule has 1 fully saturated rings. The Labute approximate surface area is 142 Å². The molecule has 0 aromatic carbocycles. The van der Waals surface area contributed by atoms with E-state index in [1.807, 2.05) is 24.5 Å². The van der Waals surface area contributed by atoms with E-state index < -0.39 is 0 Å². The molecular formula is C18H22N4S. The summed E-state index contributed by atoms with van der Waals surface area (Å²) in [5.41, 5.74) is 1.27. The Morgan fingerprint density at radius 2 is 2.35 bits per heavy atom. The van der Waals surface area contributed by atoms with Crippen LogP contribution in [0.5, 0.6) is 0 Å². The highest BCUT2D eigenvalue weighted by Crippen LogP contribution is 2.23. The Morgan fingerprint density at radius 1 is 1.43 bits per heavy atom. The van der Waals surface area contributed by atoms with Gasteiger partial charge in [-0.3, -0.25) is 9.88 Å². The first-order valence-electron chi connectivity index (χ1n) is 8.01. The fraction of sp³-hybridized carbons (Fsp3) is 0.444. The van der Waals surface area contributed by atoms with Gasteiger partial charge >= 0.3 is 0 Å². The molecule has 2 aromatic heterocycles. The number of rotatable bonds is 6. The lowest BCUT2D eigenvalue weighted by Gasteiger charge is -2.21. The fourth-order valence-corrected chi connectivity index (χ4v) is 4.10. The van der Waals surface area contributed by atoms with Crippen molar-refractivity contribution >= 4 is 11.3 Å². The molecule has 5 heteroatoms. The monoisotopic (exact) mass is 326 g/mol. The Balaban J connectivity index is 1.45. The fourth-order valence-electron chi connectivity index (χ4n) is 3.26. The molecule has 4 nitrogen and oxygen atoms in total. The van der Waals surface area contributed by atoms with Crippen LogP contribution in [0, 0.1) is 17.2 Å². The summed E-state index contributed by atoms with van der Waals surface area (Å²) in [6.45, 7) is 5.37. The van der Waals surface area contributed by atoms with Crippen LogP contribution in [0.25, 0.3) is 0 Å². The van der Waals surface area contributed by atoms with Crippen molar-refractivity contribution in [3.63, 3.8) is 0 Å². The van der Waals surface area contributed by atoms with Crippen molar-refractivity contribution in [2.24, 2.45) is 5.92 Å². The highest BCUT2D eigenvalue weighted by molar-refractivity contribution is 7.12. The van der Waals surface area contributed by atoms with Gasteiger partial charge in [0, 0.05) is 43.4 Å². The first-order valence-corrected chi connectivity index (χ1v) is 8.83. The van der Waals surface area contributed by atoms with Crippen LogP contribution in [0.3, 0.4) is 0 Å². The molecular weight excluding hydrogens is 304 g/mol. The van der Waals surface area contributed by atoms with Crippen molar-refractivity contribution < 1.29 is 0 Å². The molecule has 3 heterocycles. The van der Waals surface area contributed by atoms with E-state index in [4.69, 9.17) is 5.26 Å². The van der Waals surface area contributed by atoms with Crippen LogP contribution < -0.4 is 0 Å². The molecule has 2 aromatic rings. The van der Waals surface area contributed by atoms with Gasteiger partial charge in [0.2, 0.25) is 0 Å². The summed E-state index contributed by atoms with van der Waals surface area (Å²) in [5.74, 6) is 0.729. The average Bonchev–Trinajstić information content (AvgIpc) is 3.18. The van der Waals surface area contributed by atoms with Crippen LogP contribution in [0.15, 0.2) is 36.7 Å². The number of likely N-dealkylation sites (tertiary alicyclic amines) is 1. The Hall–Kier alpha value is -1.74. The molecule has 0 saturated carbocycles. The predicted molar refractivity (Wildman–Crippen MR) is 93.0 cm³/mol. The molecule has 0 unspecified atom stereocenters. The van der Waals surface area contributed by atoms with Gasteiger partial charge in [0.15, 0.2) is 0 Å². The lowest BCUT2D eigenvalue weighted by atomic mass is 10.1. The van der Waals surface area contributed by atoms with Crippen LogP contribution >= 0.6 is 11.3 Å². The van der Waals surface area contributed by atoms with Crippen molar-refractivity contribution in [2.45, 2.75) is 19.5 Å². The van der Waals surface area contributed by atoms with Gasteiger partial charge in [-0.15, -0.1) is 11.3 Å². The summed E-state index contributed by atoms with van der Waals surface area (Å²) >= 11 is 1.62. The van der Waals surface area contributed by atoms with Gasteiger partial charge in [-0.2, -0.15) is 5.26 Å². The van der Waals surface area contributed by atoms with Crippen molar-refractivity contribution in [3.05, 3.63) is 52.0 Å². The van der Waals surface area contributed by atoms with E-state index >= 15 is 0 Å². The SMILES string of the molecule is CN(Cc1cccnc1)C[C@H]1CCN(Cc2ccc(C#N)s2)C1. The van der Waals surface area contributed by atoms with Gasteiger partial charge in [-0.1, -0.05) is 6.07 Å². The number of thiophene rings is 1. The lowest BCUT2D eigenvalue weighted by molar-refractivity contribution is 0.255. The number of hydrogen-bond acceptors (Lipinski definition) is 5. The third-order valence-electron chi connectivity index (χ3n) is 4.27. The van der Waals surface area contributed by atoms with E-state index in [0.29, 0.717) is 0 Å². The van der Waals surface area contributed by atoms with Gasteiger partial charge in [0.25, 0.3) is 0 Å². The Kier molecular flexibility index (Phi) is 5.39. The predicted octanol–water partition coefficient (Wildman–Crippen LogP) is 2.97. The van der Waals surface area contributed by atoms with Crippen molar-refractivity contribution in [3.8, 4) is 6.07 Å². The lowest BCUT2D eigenvalue weighted by Crippen LogP contribution is -2.27. The molecule has 1 aliphatic heterocycles. The summed E-state index contributed by atoms with van der Waals surface area (Å²) in [4.78, 5) is 11.2. The third kappa shape index (κ3) is 4.61. The molecule has 0 N–H and O–H groups in total. The zero-order chi connectivity index (χ0) is 16.1. The maximum atomic E-state index is 8.91. The van der Waals surface area contributed by atoms with E-state index in [-0.39, 0.29) is 0 Å². The number of aromatic nitrogens is 1. The highest BCUT2D eigenvalue weighted by Gasteiger charge is 2.23. The minimum atomic E-state index is 0.729. The minimum absolute atomic E-state index is 0.729. The normalized spacial score (nSPS) is 18.4. The smallest absolute Gasteiger partial charge is 0.110 e. The van der Waals surface area contributed by atoms with Crippen LogP contribution in [-0.2, 0) is 13.1 Å². The summed E-state index contributed by atoms with van der Waals surface area (Å²) in [6.07, 6.45) is 5.02. The maximum Gasteiger partial charge on any atom is 0.110 e. The van der Waals surface area contributed by atoms with Crippen LogP contribution in [-0.4, -0.2) is 41.5 Å². The Morgan fingerprint density at radius 3 is 3.09 bits per heavy atom. The van der Waals surface area contributed by atoms with Gasteiger partial charge in [0.1, 0.15) is 10.9 Å². The number of nitrogens with zero attached hydrogens (tertiary/aromatic N) is 4. The summed E-state index contributed by atoms with van der Waals surface area (Å²) in [6, 6.07) is 10.4. The summed E-state index contributed by atoms with van der Waals surface area (Å²) in [7, 11) is 2.19. The second-order valence-electron chi connectivity index (χ2n) is 6.33. The minimum Gasteiger partial charge on any atom is -0.302 e. The van der Waals surface area contributed by atoms with Crippen molar-refractivity contribution in [2.75, 3.05) is 26.7 Å². The zero-order valence-electron chi connectivity index (χ0n) is 13.5. The zero-order valence-corrected chi connectivity index (χ0v) is 14.3. The molecule has 0 bridgehead atoms. The quantitative estimate of drug-likeness (QED) is 0.818. The molecule has 0 aliphatic carbocycles. The van der Waals surface area contributed by atoms with Gasteiger partial charge in [-0.05, 0) is 49.7 Å².